The maximum absolute atomic E-state index is 12.3. The first-order chi connectivity index (χ1) is 11.6. The van der Waals surface area contributed by atoms with Crippen molar-refractivity contribution in [1.82, 2.24) is 9.88 Å². The molecule has 0 saturated carbocycles. The number of hydrogen-bond acceptors (Lipinski definition) is 4. The number of methoxy groups -OCH3 is 1. The molecule has 1 aromatic carbocycles. The van der Waals surface area contributed by atoms with Crippen LogP contribution < -0.4 is 0 Å². The van der Waals surface area contributed by atoms with Crippen LogP contribution in [-0.2, 0) is 9.53 Å². The molecule has 0 aliphatic carbocycles. The molecule has 1 aliphatic heterocycles. The lowest BCUT2D eigenvalue weighted by Gasteiger charge is -2.21. The molecule has 1 fully saturated rings. The lowest BCUT2D eigenvalue weighted by Crippen LogP contribution is -2.33. The van der Waals surface area contributed by atoms with Gasteiger partial charge in [0.1, 0.15) is 24.1 Å². The fourth-order valence-electron chi connectivity index (χ4n) is 3.21. The van der Waals surface area contributed by atoms with Crippen LogP contribution in [-0.4, -0.2) is 36.1 Å². The Bertz CT molecular complexity index is 694. The van der Waals surface area contributed by atoms with Crippen LogP contribution in [0.5, 0.6) is 0 Å². The number of nitrogens with zero attached hydrogens (tertiary/aromatic N) is 2. The number of aromatic nitrogens is 1. The van der Waals surface area contributed by atoms with Gasteiger partial charge in [0.25, 0.3) is 0 Å². The molecule has 0 unspecified atom stereocenters. The van der Waals surface area contributed by atoms with Gasteiger partial charge in [-0.25, -0.2) is 4.98 Å². The van der Waals surface area contributed by atoms with Crippen LogP contribution in [0.4, 0.5) is 0 Å². The summed E-state index contributed by atoms with van der Waals surface area (Å²) in [5.41, 5.74) is 1.93. The number of rotatable bonds is 5. The molecule has 0 bridgehead atoms. The van der Waals surface area contributed by atoms with Gasteiger partial charge in [-0.15, -0.1) is 0 Å². The van der Waals surface area contributed by atoms with E-state index < -0.39 is 0 Å². The van der Waals surface area contributed by atoms with Crippen LogP contribution in [0.15, 0.2) is 34.7 Å². The highest BCUT2D eigenvalue weighted by Crippen LogP contribution is 2.37. The Hall–Kier alpha value is -2.14. The molecule has 5 heteroatoms. The molecule has 0 spiro atoms. The van der Waals surface area contributed by atoms with Gasteiger partial charge in [-0.2, -0.15) is 0 Å². The molecule has 2 heterocycles. The Morgan fingerprint density at radius 3 is 2.79 bits per heavy atom. The summed E-state index contributed by atoms with van der Waals surface area (Å²) in [5.74, 6) is 1.73. The zero-order valence-corrected chi connectivity index (χ0v) is 14.5. The van der Waals surface area contributed by atoms with E-state index in [0.29, 0.717) is 5.89 Å². The Morgan fingerprint density at radius 1 is 1.38 bits per heavy atom. The summed E-state index contributed by atoms with van der Waals surface area (Å²) in [4.78, 5) is 18.9. The molecule has 128 valence electrons. The predicted octanol–water partition coefficient (Wildman–Crippen LogP) is 3.77. The van der Waals surface area contributed by atoms with E-state index in [1.807, 2.05) is 35.2 Å². The first-order valence-electron chi connectivity index (χ1n) is 8.46. The zero-order chi connectivity index (χ0) is 17.1. The number of benzene rings is 1. The SMILES string of the molecule is COCC(=O)N1CCC[C@H]1c1nc(-c2ccccc2)c(C(C)C)o1. The second-order valence-electron chi connectivity index (χ2n) is 6.46. The largest absolute Gasteiger partial charge is 0.442 e. The number of likely N-dealkylation sites (tertiary alicyclic amines) is 1. The quantitative estimate of drug-likeness (QED) is 0.838. The minimum absolute atomic E-state index is 0.00874. The summed E-state index contributed by atoms with van der Waals surface area (Å²) in [6.45, 7) is 5.02. The minimum Gasteiger partial charge on any atom is -0.442 e. The molecule has 24 heavy (non-hydrogen) atoms. The van der Waals surface area contributed by atoms with E-state index in [0.717, 1.165) is 36.4 Å². The van der Waals surface area contributed by atoms with Crippen molar-refractivity contribution in [3.8, 4) is 11.3 Å². The molecular formula is C19H24N2O3. The molecule has 0 N–H and O–H groups in total. The predicted molar refractivity (Wildman–Crippen MR) is 91.6 cm³/mol. The van der Waals surface area contributed by atoms with Gasteiger partial charge in [-0.3, -0.25) is 4.79 Å². The van der Waals surface area contributed by atoms with Crippen molar-refractivity contribution in [3.05, 3.63) is 42.0 Å². The maximum Gasteiger partial charge on any atom is 0.249 e. The van der Waals surface area contributed by atoms with Gasteiger partial charge in [0.15, 0.2) is 0 Å². The van der Waals surface area contributed by atoms with Gasteiger partial charge < -0.3 is 14.1 Å². The van der Waals surface area contributed by atoms with Crippen molar-refractivity contribution in [2.75, 3.05) is 20.3 Å². The van der Waals surface area contributed by atoms with Crippen LogP contribution in [0, 0.1) is 0 Å². The third kappa shape index (κ3) is 3.22. The summed E-state index contributed by atoms with van der Waals surface area (Å²) in [6, 6.07) is 9.96. The molecule has 5 nitrogen and oxygen atoms in total. The minimum atomic E-state index is -0.0948. The van der Waals surface area contributed by atoms with Gasteiger partial charge in [-0.05, 0) is 12.8 Å². The van der Waals surface area contributed by atoms with E-state index in [9.17, 15) is 4.79 Å². The van der Waals surface area contributed by atoms with Crippen molar-refractivity contribution < 1.29 is 13.9 Å². The second kappa shape index (κ2) is 7.18. The smallest absolute Gasteiger partial charge is 0.249 e. The van der Waals surface area contributed by atoms with Crippen molar-refractivity contribution in [2.24, 2.45) is 0 Å². The molecule has 2 aromatic rings. The van der Waals surface area contributed by atoms with Crippen LogP contribution in [0.25, 0.3) is 11.3 Å². The lowest BCUT2D eigenvalue weighted by molar-refractivity contribution is -0.136. The van der Waals surface area contributed by atoms with E-state index in [1.54, 1.807) is 7.11 Å². The topological polar surface area (TPSA) is 55.6 Å². The highest BCUT2D eigenvalue weighted by molar-refractivity contribution is 5.78. The molecule has 0 radical (unpaired) electrons. The highest BCUT2D eigenvalue weighted by Gasteiger charge is 2.34. The second-order valence-corrected chi connectivity index (χ2v) is 6.46. The van der Waals surface area contributed by atoms with Gasteiger partial charge in [-0.1, -0.05) is 44.2 Å². The summed E-state index contributed by atoms with van der Waals surface area (Å²) in [6.07, 6.45) is 1.84. The van der Waals surface area contributed by atoms with E-state index in [2.05, 4.69) is 13.8 Å². The Labute approximate surface area is 142 Å². The van der Waals surface area contributed by atoms with Crippen molar-refractivity contribution in [3.63, 3.8) is 0 Å². The monoisotopic (exact) mass is 328 g/mol. The Kier molecular flexibility index (Phi) is 5.00. The Morgan fingerprint density at radius 2 is 2.12 bits per heavy atom. The number of ether oxygens (including phenoxy) is 1. The van der Waals surface area contributed by atoms with Crippen LogP contribution in [0.1, 0.15) is 50.3 Å². The van der Waals surface area contributed by atoms with Crippen LogP contribution in [0.2, 0.25) is 0 Å². The number of oxazole rings is 1. The zero-order valence-electron chi connectivity index (χ0n) is 14.5. The van der Waals surface area contributed by atoms with Gasteiger partial charge in [0.2, 0.25) is 11.8 Å². The fourth-order valence-corrected chi connectivity index (χ4v) is 3.21. The summed E-state index contributed by atoms with van der Waals surface area (Å²) >= 11 is 0. The van der Waals surface area contributed by atoms with Crippen molar-refractivity contribution >= 4 is 5.91 Å². The van der Waals surface area contributed by atoms with Crippen LogP contribution >= 0.6 is 0 Å². The molecule has 1 aromatic heterocycles. The summed E-state index contributed by atoms with van der Waals surface area (Å²) in [5, 5.41) is 0. The average Bonchev–Trinajstić information content (AvgIpc) is 3.22. The van der Waals surface area contributed by atoms with E-state index in [4.69, 9.17) is 14.1 Å². The number of hydrogen-bond donors (Lipinski definition) is 0. The third-order valence-corrected chi connectivity index (χ3v) is 4.37. The maximum atomic E-state index is 12.3. The van der Waals surface area contributed by atoms with E-state index >= 15 is 0 Å². The van der Waals surface area contributed by atoms with Gasteiger partial charge >= 0.3 is 0 Å². The third-order valence-electron chi connectivity index (χ3n) is 4.37. The van der Waals surface area contributed by atoms with Gasteiger partial charge in [0.05, 0.1) is 0 Å². The standard InChI is InChI=1S/C19H24N2O3/c1-13(2)18-17(14-8-5-4-6-9-14)20-19(24-18)15-10-7-11-21(15)16(22)12-23-3/h4-6,8-9,13,15H,7,10-12H2,1-3H3/t15-/m0/s1. The van der Waals surface area contributed by atoms with Gasteiger partial charge in [0, 0.05) is 25.1 Å². The lowest BCUT2D eigenvalue weighted by atomic mass is 10.0. The summed E-state index contributed by atoms with van der Waals surface area (Å²) in [7, 11) is 1.54. The van der Waals surface area contributed by atoms with Crippen molar-refractivity contribution in [1.29, 1.82) is 0 Å². The van der Waals surface area contributed by atoms with Crippen molar-refractivity contribution in [2.45, 2.75) is 38.6 Å². The number of amides is 1. The van der Waals surface area contributed by atoms with Crippen LogP contribution in [0.3, 0.4) is 0 Å². The Balaban J connectivity index is 1.95. The fraction of sp³-hybridized carbons (Fsp3) is 0.474. The summed E-state index contributed by atoms with van der Waals surface area (Å²) < 4.78 is 11.1. The number of carbonyl (C=O) groups is 1. The molecule has 1 saturated heterocycles. The average molecular weight is 328 g/mol. The normalized spacial score (nSPS) is 17.7. The molecule has 1 aliphatic rings. The number of carbonyl (C=O) groups excluding carboxylic acids is 1. The first kappa shape index (κ1) is 16.7. The molecular weight excluding hydrogens is 304 g/mol. The molecule has 3 rings (SSSR count). The molecule has 1 atom stereocenters. The highest BCUT2D eigenvalue weighted by atomic mass is 16.5. The first-order valence-corrected chi connectivity index (χ1v) is 8.46. The molecule has 1 amide bonds. The van der Waals surface area contributed by atoms with E-state index in [-0.39, 0.29) is 24.5 Å². The van der Waals surface area contributed by atoms with E-state index in [1.165, 1.54) is 0 Å².